The molecule has 30 heavy (non-hydrogen) atoms. The molecular weight excluding hydrogens is 392 g/mol. The van der Waals surface area contributed by atoms with Gasteiger partial charge in [0.1, 0.15) is 5.76 Å². The SMILES string of the molecule is Cc1cccc(CN(C)C(=O)c2ccc(CSc3cc(C(C)(C)C)ccc3C)o2)n1. The van der Waals surface area contributed by atoms with Crippen molar-refractivity contribution in [3.63, 3.8) is 0 Å². The third-order valence-electron chi connectivity index (χ3n) is 4.99. The number of nitrogens with zero attached hydrogens (tertiary/aromatic N) is 2. The maximum Gasteiger partial charge on any atom is 0.289 e. The summed E-state index contributed by atoms with van der Waals surface area (Å²) in [4.78, 5) is 20.1. The van der Waals surface area contributed by atoms with E-state index in [2.05, 4.69) is 50.9 Å². The number of aryl methyl sites for hydroxylation is 2. The molecule has 0 atom stereocenters. The lowest BCUT2D eigenvalue weighted by molar-refractivity contribution is 0.0750. The molecular formula is C25H30N2O2S. The molecule has 2 aromatic heterocycles. The molecule has 0 N–H and O–H groups in total. The van der Waals surface area contributed by atoms with Crippen molar-refractivity contribution in [2.45, 2.75) is 57.2 Å². The van der Waals surface area contributed by atoms with E-state index >= 15 is 0 Å². The smallest absolute Gasteiger partial charge is 0.289 e. The number of furan rings is 1. The summed E-state index contributed by atoms with van der Waals surface area (Å²) < 4.78 is 5.85. The number of benzene rings is 1. The number of amides is 1. The third kappa shape index (κ3) is 5.54. The topological polar surface area (TPSA) is 46.3 Å². The van der Waals surface area contributed by atoms with E-state index in [4.69, 9.17) is 4.42 Å². The molecule has 0 bridgehead atoms. The Bertz CT molecular complexity index is 1030. The van der Waals surface area contributed by atoms with Crippen LogP contribution in [0.4, 0.5) is 0 Å². The molecule has 3 aromatic rings. The van der Waals surface area contributed by atoms with E-state index in [1.807, 2.05) is 31.2 Å². The van der Waals surface area contributed by atoms with Crippen molar-refractivity contribution < 1.29 is 9.21 Å². The molecule has 1 aromatic carbocycles. The van der Waals surface area contributed by atoms with Gasteiger partial charge in [-0.15, -0.1) is 11.8 Å². The van der Waals surface area contributed by atoms with Gasteiger partial charge in [0.15, 0.2) is 5.76 Å². The standard InChI is InChI=1S/C25H30N2O2S/c1-17-10-11-19(25(3,4)5)14-23(17)30-16-21-12-13-22(29-21)24(28)27(6)15-20-9-7-8-18(2)26-20/h7-14H,15-16H2,1-6H3. The maximum atomic E-state index is 12.7. The summed E-state index contributed by atoms with van der Waals surface area (Å²) >= 11 is 1.74. The molecule has 0 radical (unpaired) electrons. The minimum absolute atomic E-state index is 0.115. The Labute approximate surface area is 183 Å². The van der Waals surface area contributed by atoms with Crippen molar-refractivity contribution >= 4 is 17.7 Å². The zero-order valence-electron chi connectivity index (χ0n) is 18.7. The largest absolute Gasteiger partial charge is 0.455 e. The Morgan fingerprint density at radius 1 is 1.10 bits per heavy atom. The number of thioether (sulfide) groups is 1. The second-order valence-electron chi connectivity index (χ2n) is 8.72. The van der Waals surface area contributed by atoms with Crippen LogP contribution < -0.4 is 0 Å². The van der Waals surface area contributed by atoms with Crippen molar-refractivity contribution in [2.24, 2.45) is 0 Å². The second kappa shape index (κ2) is 9.09. The molecule has 158 valence electrons. The van der Waals surface area contributed by atoms with Gasteiger partial charge in [0.25, 0.3) is 5.91 Å². The summed E-state index contributed by atoms with van der Waals surface area (Å²) in [5.41, 5.74) is 4.49. The highest BCUT2D eigenvalue weighted by Gasteiger charge is 2.18. The number of rotatable bonds is 6. The van der Waals surface area contributed by atoms with Gasteiger partial charge in [-0.1, -0.05) is 39.0 Å². The van der Waals surface area contributed by atoms with Crippen LogP contribution in [0.25, 0.3) is 0 Å². The van der Waals surface area contributed by atoms with Gasteiger partial charge in [-0.05, 0) is 60.7 Å². The van der Waals surface area contributed by atoms with E-state index in [-0.39, 0.29) is 11.3 Å². The van der Waals surface area contributed by atoms with Gasteiger partial charge in [-0.3, -0.25) is 9.78 Å². The predicted molar refractivity (Wildman–Crippen MR) is 123 cm³/mol. The third-order valence-corrected chi connectivity index (χ3v) is 6.17. The van der Waals surface area contributed by atoms with Crippen molar-refractivity contribution in [2.75, 3.05) is 7.05 Å². The van der Waals surface area contributed by atoms with Gasteiger partial charge in [-0.2, -0.15) is 0 Å². The van der Waals surface area contributed by atoms with Crippen molar-refractivity contribution in [3.8, 4) is 0 Å². The molecule has 0 aliphatic rings. The highest BCUT2D eigenvalue weighted by molar-refractivity contribution is 7.98. The van der Waals surface area contributed by atoms with E-state index in [0.29, 0.717) is 18.1 Å². The van der Waals surface area contributed by atoms with E-state index in [1.165, 1.54) is 16.0 Å². The molecule has 4 nitrogen and oxygen atoms in total. The Hall–Kier alpha value is -2.53. The predicted octanol–water partition coefficient (Wildman–Crippen LogP) is 6.15. The second-order valence-corrected chi connectivity index (χ2v) is 9.73. The minimum atomic E-state index is -0.138. The van der Waals surface area contributed by atoms with Gasteiger partial charge in [0.2, 0.25) is 0 Å². The van der Waals surface area contributed by atoms with Gasteiger partial charge < -0.3 is 9.32 Å². The van der Waals surface area contributed by atoms with Crippen molar-refractivity contribution in [3.05, 3.63) is 82.6 Å². The number of carbonyl (C=O) groups excluding carboxylic acids is 1. The summed E-state index contributed by atoms with van der Waals surface area (Å²) in [5, 5.41) is 0. The van der Waals surface area contributed by atoms with Crippen LogP contribution >= 0.6 is 11.8 Å². The van der Waals surface area contributed by atoms with E-state index in [0.717, 1.165) is 17.1 Å². The summed E-state index contributed by atoms with van der Waals surface area (Å²) in [6.07, 6.45) is 0. The summed E-state index contributed by atoms with van der Waals surface area (Å²) in [5.74, 6) is 1.71. The fourth-order valence-corrected chi connectivity index (χ4v) is 4.09. The monoisotopic (exact) mass is 422 g/mol. The first kappa shape index (κ1) is 22.2. The molecule has 0 saturated carbocycles. The molecule has 0 saturated heterocycles. The molecule has 0 unspecified atom stereocenters. The van der Waals surface area contributed by atoms with Crippen LogP contribution in [0.2, 0.25) is 0 Å². The van der Waals surface area contributed by atoms with E-state index in [9.17, 15) is 4.79 Å². The average Bonchev–Trinajstić information content (AvgIpc) is 3.14. The molecule has 5 heteroatoms. The molecule has 2 heterocycles. The first-order valence-corrected chi connectivity index (χ1v) is 11.1. The Morgan fingerprint density at radius 2 is 1.87 bits per heavy atom. The van der Waals surface area contributed by atoms with Crippen LogP contribution in [0.15, 0.2) is 57.8 Å². The van der Waals surface area contributed by atoms with Gasteiger partial charge in [-0.25, -0.2) is 0 Å². The molecule has 3 rings (SSSR count). The lowest BCUT2D eigenvalue weighted by Gasteiger charge is -2.20. The van der Waals surface area contributed by atoms with Crippen LogP contribution in [0.3, 0.4) is 0 Å². The van der Waals surface area contributed by atoms with E-state index < -0.39 is 0 Å². The molecule has 0 fully saturated rings. The van der Waals surface area contributed by atoms with E-state index in [1.54, 1.807) is 29.8 Å². The first-order chi connectivity index (χ1) is 14.1. The fourth-order valence-electron chi connectivity index (χ4n) is 3.13. The zero-order chi connectivity index (χ0) is 21.9. The number of pyridine rings is 1. The average molecular weight is 423 g/mol. The van der Waals surface area contributed by atoms with Crippen LogP contribution in [-0.4, -0.2) is 22.8 Å². The number of hydrogen-bond donors (Lipinski definition) is 0. The van der Waals surface area contributed by atoms with Gasteiger partial charge in [0, 0.05) is 17.6 Å². The van der Waals surface area contributed by atoms with Crippen LogP contribution in [0, 0.1) is 13.8 Å². The maximum absolute atomic E-state index is 12.7. The fraction of sp³-hybridized carbons (Fsp3) is 0.360. The lowest BCUT2D eigenvalue weighted by atomic mass is 9.87. The van der Waals surface area contributed by atoms with Gasteiger partial charge in [0.05, 0.1) is 18.0 Å². The highest BCUT2D eigenvalue weighted by atomic mass is 32.2. The molecule has 1 amide bonds. The van der Waals surface area contributed by atoms with Crippen LogP contribution in [0.5, 0.6) is 0 Å². The van der Waals surface area contributed by atoms with Crippen LogP contribution in [-0.2, 0) is 17.7 Å². The zero-order valence-corrected chi connectivity index (χ0v) is 19.5. The normalized spacial score (nSPS) is 11.5. The van der Waals surface area contributed by atoms with Gasteiger partial charge >= 0.3 is 0 Å². The highest BCUT2D eigenvalue weighted by Crippen LogP contribution is 2.31. The molecule has 0 aliphatic carbocycles. The number of aromatic nitrogens is 1. The summed E-state index contributed by atoms with van der Waals surface area (Å²) in [6.45, 7) is 11.2. The minimum Gasteiger partial charge on any atom is -0.455 e. The van der Waals surface area contributed by atoms with Crippen molar-refractivity contribution in [1.82, 2.24) is 9.88 Å². The summed E-state index contributed by atoms with van der Waals surface area (Å²) in [7, 11) is 1.77. The lowest BCUT2D eigenvalue weighted by Crippen LogP contribution is -2.26. The Morgan fingerprint density at radius 3 is 2.57 bits per heavy atom. The Balaban J connectivity index is 1.64. The molecule has 0 aliphatic heterocycles. The van der Waals surface area contributed by atoms with Crippen LogP contribution in [0.1, 0.15) is 59.6 Å². The quantitative estimate of drug-likeness (QED) is 0.447. The Kier molecular flexibility index (Phi) is 6.71. The van der Waals surface area contributed by atoms with Crippen molar-refractivity contribution in [1.29, 1.82) is 0 Å². The molecule has 0 spiro atoms. The first-order valence-electron chi connectivity index (χ1n) is 10.1. The number of carbonyl (C=O) groups is 1. The summed E-state index contributed by atoms with van der Waals surface area (Å²) in [6, 6.07) is 16.1. The number of hydrogen-bond acceptors (Lipinski definition) is 4.